The standard InChI is InChI=1S/C23H24ClN3O4/c1-15(2)27(14-16-9-5-7-11-18(16)24)22(28)17-10-6-8-12-19(17)31-23-25-20(29-3)13-21(26-23)30-4/h5-13,15H,14H2,1-4H3. The van der Waals surface area contributed by atoms with E-state index in [9.17, 15) is 4.79 Å². The van der Waals surface area contributed by atoms with Crippen molar-refractivity contribution in [1.29, 1.82) is 0 Å². The second-order valence-corrected chi connectivity index (χ2v) is 7.36. The normalized spacial score (nSPS) is 10.6. The van der Waals surface area contributed by atoms with Crippen molar-refractivity contribution in [2.75, 3.05) is 14.2 Å². The Morgan fingerprint density at radius 2 is 1.61 bits per heavy atom. The Bertz CT molecular complexity index is 1040. The van der Waals surface area contributed by atoms with Crippen LogP contribution in [0.2, 0.25) is 5.02 Å². The molecule has 7 nitrogen and oxygen atoms in total. The molecule has 0 radical (unpaired) electrons. The molecule has 0 aliphatic carbocycles. The molecule has 162 valence electrons. The summed E-state index contributed by atoms with van der Waals surface area (Å²) < 4.78 is 16.2. The summed E-state index contributed by atoms with van der Waals surface area (Å²) in [6, 6.07) is 15.9. The van der Waals surface area contributed by atoms with Crippen LogP contribution >= 0.6 is 11.6 Å². The highest BCUT2D eigenvalue weighted by Crippen LogP contribution is 2.28. The first-order valence-corrected chi connectivity index (χ1v) is 10.1. The first-order chi connectivity index (χ1) is 14.9. The van der Waals surface area contributed by atoms with Gasteiger partial charge in [-0.1, -0.05) is 41.9 Å². The number of nitrogens with zero attached hydrogens (tertiary/aromatic N) is 3. The Hall–Kier alpha value is -3.32. The average Bonchev–Trinajstić information content (AvgIpc) is 2.78. The Kier molecular flexibility index (Phi) is 7.31. The summed E-state index contributed by atoms with van der Waals surface area (Å²) in [5.74, 6) is 0.703. The van der Waals surface area contributed by atoms with Gasteiger partial charge in [-0.2, -0.15) is 9.97 Å². The number of hydrogen-bond donors (Lipinski definition) is 0. The van der Waals surface area contributed by atoms with E-state index < -0.39 is 0 Å². The van der Waals surface area contributed by atoms with Gasteiger partial charge in [0.1, 0.15) is 5.75 Å². The molecule has 0 spiro atoms. The van der Waals surface area contributed by atoms with E-state index in [2.05, 4.69) is 9.97 Å². The molecule has 0 bridgehead atoms. The number of methoxy groups -OCH3 is 2. The molecule has 0 aliphatic rings. The molecule has 8 heteroatoms. The molecule has 1 amide bonds. The second-order valence-electron chi connectivity index (χ2n) is 6.95. The molecule has 0 N–H and O–H groups in total. The fourth-order valence-electron chi connectivity index (χ4n) is 2.92. The molecule has 0 saturated carbocycles. The van der Waals surface area contributed by atoms with Crippen molar-refractivity contribution in [2.24, 2.45) is 0 Å². The number of halogens is 1. The number of amides is 1. The number of aromatic nitrogens is 2. The van der Waals surface area contributed by atoms with E-state index in [1.54, 1.807) is 29.2 Å². The second kappa shape index (κ2) is 10.1. The molecule has 1 aromatic heterocycles. The summed E-state index contributed by atoms with van der Waals surface area (Å²) >= 11 is 6.32. The maximum atomic E-state index is 13.5. The first-order valence-electron chi connectivity index (χ1n) is 9.71. The molecule has 0 fully saturated rings. The van der Waals surface area contributed by atoms with Crippen LogP contribution in [0.1, 0.15) is 29.8 Å². The van der Waals surface area contributed by atoms with Gasteiger partial charge in [-0.05, 0) is 37.6 Å². The summed E-state index contributed by atoms with van der Waals surface area (Å²) in [4.78, 5) is 23.6. The molecule has 3 aromatic rings. The van der Waals surface area contributed by atoms with Gasteiger partial charge in [0.2, 0.25) is 11.8 Å². The van der Waals surface area contributed by atoms with Crippen molar-refractivity contribution in [3.8, 4) is 23.5 Å². The van der Waals surface area contributed by atoms with E-state index in [1.807, 2.05) is 38.1 Å². The number of rotatable bonds is 8. The van der Waals surface area contributed by atoms with Crippen LogP contribution in [0.5, 0.6) is 23.5 Å². The molecule has 0 unspecified atom stereocenters. The Labute approximate surface area is 186 Å². The monoisotopic (exact) mass is 441 g/mol. The van der Waals surface area contributed by atoms with Gasteiger partial charge in [-0.25, -0.2) is 0 Å². The molecule has 2 aromatic carbocycles. The van der Waals surface area contributed by atoms with E-state index in [0.717, 1.165) is 5.56 Å². The lowest BCUT2D eigenvalue weighted by Gasteiger charge is -2.28. The van der Waals surface area contributed by atoms with Crippen LogP contribution in [-0.2, 0) is 6.54 Å². The van der Waals surface area contributed by atoms with Crippen molar-refractivity contribution in [3.05, 3.63) is 70.7 Å². The third-order valence-corrected chi connectivity index (χ3v) is 4.95. The predicted octanol–water partition coefficient (Wildman–Crippen LogP) is 4.99. The lowest BCUT2D eigenvalue weighted by Crippen LogP contribution is -2.36. The number of para-hydroxylation sites is 1. The quantitative estimate of drug-likeness (QED) is 0.490. The molecule has 0 aliphatic heterocycles. The van der Waals surface area contributed by atoms with E-state index >= 15 is 0 Å². The zero-order chi connectivity index (χ0) is 22.4. The maximum Gasteiger partial charge on any atom is 0.328 e. The lowest BCUT2D eigenvalue weighted by molar-refractivity contribution is 0.0687. The van der Waals surface area contributed by atoms with Crippen LogP contribution in [0, 0.1) is 0 Å². The first kappa shape index (κ1) is 22.4. The molecule has 1 heterocycles. The highest BCUT2D eigenvalue weighted by Gasteiger charge is 2.24. The smallest absolute Gasteiger partial charge is 0.328 e. The van der Waals surface area contributed by atoms with Gasteiger partial charge in [0.25, 0.3) is 5.91 Å². The molecule has 3 rings (SSSR count). The molecule has 0 atom stereocenters. The maximum absolute atomic E-state index is 13.5. The topological polar surface area (TPSA) is 73.8 Å². The minimum Gasteiger partial charge on any atom is -0.481 e. The number of ether oxygens (including phenoxy) is 3. The van der Waals surface area contributed by atoms with Crippen molar-refractivity contribution in [1.82, 2.24) is 14.9 Å². The molecule has 0 saturated heterocycles. The highest BCUT2D eigenvalue weighted by molar-refractivity contribution is 6.31. The summed E-state index contributed by atoms with van der Waals surface area (Å²) in [6.07, 6.45) is 0. The van der Waals surface area contributed by atoms with Gasteiger partial charge in [-0.15, -0.1) is 0 Å². The molecular weight excluding hydrogens is 418 g/mol. The van der Waals surface area contributed by atoms with Crippen LogP contribution in [-0.4, -0.2) is 41.0 Å². The van der Waals surface area contributed by atoms with Gasteiger partial charge < -0.3 is 19.1 Å². The fourth-order valence-corrected chi connectivity index (χ4v) is 3.12. The third-order valence-electron chi connectivity index (χ3n) is 4.58. The summed E-state index contributed by atoms with van der Waals surface area (Å²) in [5, 5.41) is 0.613. The zero-order valence-corrected chi connectivity index (χ0v) is 18.6. The summed E-state index contributed by atoms with van der Waals surface area (Å²) in [5.41, 5.74) is 1.25. The lowest BCUT2D eigenvalue weighted by atomic mass is 10.1. The van der Waals surface area contributed by atoms with Gasteiger partial charge >= 0.3 is 6.01 Å². The van der Waals surface area contributed by atoms with Gasteiger partial charge in [0, 0.05) is 17.6 Å². The zero-order valence-electron chi connectivity index (χ0n) is 17.8. The van der Waals surface area contributed by atoms with Crippen molar-refractivity contribution < 1.29 is 19.0 Å². The van der Waals surface area contributed by atoms with Gasteiger partial charge in [0.15, 0.2) is 0 Å². The molecule has 31 heavy (non-hydrogen) atoms. The Morgan fingerprint density at radius 1 is 1.00 bits per heavy atom. The summed E-state index contributed by atoms with van der Waals surface area (Å²) in [7, 11) is 2.97. The number of hydrogen-bond acceptors (Lipinski definition) is 6. The van der Waals surface area contributed by atoms with E-state index in [0.29, 0.717) is 22.9 Å². The number of carbonyl (C=O) groups excluding carboxylic acids is 1. The van der Waals surface area contributed by atoms with Crippen LogP contribution < -0.4 is 14.2 Å². The number of benzene rings is 2. The van der Waals surface area contributed by atoms with Crippen LogP contribution in [0.3, 0.4) is 0 Å². The minimum atomic E-state index is -0.194. The highest BCUT2D eigenvalue weighted by atomic mass is 35.5. The molecular formula is C23H24ClN3O4. The SMILES string of the molecule is COc1cc(OC)nc(Oc2ccccc2C(=O)N(Cc2ccccc2Cl)C(C)C)n1. The average molecular weight is 442 g/mol. The van der Waals surface area contributed by atoms with Gasteiger partial charge in [-0.3, -0.25) is 4.79 Å². The van der Waals surface area contributed by atoms with Crippen molar-refractivity contribution in [2.45, 2.75) is 26.4 Å². The van der Waals surface area contributed by atoms with Crippen LogP contribution in [0.4, 0.5) is 0 Å². The largest absolute Gasteiger partial charge is 0.481 e. The van der Waals surface area contributed by atoms with E-state index in [-0.39, 0.29) is 29.7 Å². The Balaban J connectivity index is 1.92. The van der Waals surface area contributed by atoms with Crippen LogP contribution in [0.25, 0.3) is 0 Å². The van der Waals surface area contributed by atoms with Crippen molar-refractivity contribution >= 4 is 17.5 Å². The summed E-state index contributed by atoms with van der Waals surface area (Å²) in [6.45, 7) is 4.27. The van der Waals surface area contributed by atoms with Crippen molar-refractivity contribution in [3.63, 3.8) is 0 Å². The van der Waals surface area contributed by atoms with E-state index in [4.69, 9.17) is 25.8 Å². The van der Waals surface area contributed by atoms with E-state index in [1.165, 1.54) is 20.3 Å². The Morgan fingerprint density at radius 3 is 2.23 bits per heavy atom. The third kappa shape index (κ3) is 5.44. The van der Waals surface area contributed by atoms with Crippen LogP contribution in [0.15, 0.2) is 54.6 Å². The predicted molar refractivity (Wildman–Crippen MR) is 118 cm³/mol. The van der Waals surface area contributed by atoms with Gasteiger partial charge in [0.05, 0.1) is 25.8 Å². The fraction of sp³-hybridized carbons (Fsp3) is 0.261. The minimum absolute atomic E-state index is 0.0126. The number of carbonyl (C=O) groups is 1.